The molecule has 0 unspecified atom stereocenters. The van der Waals surface area contributed by atoms with Crippen molar-refractivity contribution in [2.45, 2.75) is 19.5 Å². The van der Waals surface area contributed by atoms with Gasteiger partial charge in [-0.25, -0.2) is 0 Å². The summed E-state index contributed by atoms with van der Waals surface area (Å²) in [7, 11) is 0. The standard InChI is InChI=1S/C23H19F2NO4/c1-2-23(24,25)30-16-9-7-15(8-10-16)26-22(27)14-28-17-11-12-21-19(13-17)18-5-3-4-6-20(18)29-21/h3-13H,2,14H2,1H3,(H,26,27). The molecular formula is C23H19F2NO4. The Kier molecular flexibility index (Phi) is 5.27. The molecule has 1 N–H and O–H groups in total. The van der Waals surface area contributed by atoms with Gasteiger partial charge in [-0.15, -0.1) is 0 Å². The van der Waals surface area contributed by atoms with Crippen LogP contribution in [0.2, 0.25) is 0 Å². The lowest BCUT2D eigenvalue weighted by Gasteiger charge is -2.16. The van der Waals surface area contributed by atoms with E-state index in [0.717, 1.165) is 21.9 Å². The molecule has 1 aromatic heterocycles. The van der Waals surface area contributed by atoms with Crippen LogP contribution in [0.5, 0.6) is 11.5 Å². The summed E-state index contributed by atoms with van der Waals surface area (Å²) in [5, 5.41) is 4.53. The number of furan rings is 1. The van der Waals surface area contributed by atoms with Gasteiger partial charge in [-0.2, -0.15) is 8.78 Å². The van der Waals surface area contributed by atoms with E-state index in [1.807, 2.05) is 30.3 Å². The fraction of sp³-hybridized carbons (Fsp3) is 0.174. The molecule has 0 spiro atoms. The summed E-state index contributed by atoms with van der Waals surface area (Å²) in [6, 6.07) is 18.8. The molecular weight excluding hydrogens is 392 g/mol. The summed E-state index contributed by atoms with van der Waals surface area (Å²) in [6.45, 7) is 1.13. The van der Waals surface area contributed by atoms with Crippen LogP contribution in [0, 0.1) is 0 Å². The highest BCUT2D eigenvalue weighted by Gasteiger charge is 2.28. The first-order valence-corrected chi connectivity index (χ1v) is 9.44. The molecule has 0 saturated carbocycles. The molecule has 0 aliphatic heterocycles. The number of carbonyl (C=O) groups excluding carboxylic acids is 1. The molecule has 4 rings (SSSR count). The van der Waals surface area contributed by atoms with Gasteiger partial charge in [-0.05, 0) is 48.5 Å². The van der Waals surface area contributed by atoms with Crippen LogP contribution in [0.4, 0.5) is 14.5 Å². The SMILES string of the molecule is CCC(F)(F)Oc1ccc(NC(=O)COc2ccc3oc4ccccc4c3c2)cc1. The number of fused-ring (bicyclic) bond motifs is 3. The van der Waals surface area contributed by atoms with Gasteiger partial charge < -0.3 is 19.2 Å². The predicted octanol–water partition coefficient (Wildman–Crippen LogP) is 5.99. The second-order valence-electron chi connectivity index (χ2n) is 6.71. The molecule has 3 aromatic carbocycles. The maximum absolute atomic E-state index is 13.3. The third-order valence-corrected chi connectivity index (χ3v) is 4.53. The molecule has 0 saturated heterocycles. The summed E-state index contributed by atoms with van der Waals surface area (Å²) in [5.41, 5.74) is 1.97. The molecule has 5 nitrogen and oxygen atoms in total. The Morgan fingerprint density at radius 3 is 2.43 bits per heavy atom. The third kappa shape index (κ3) is 4.35. The molecule has 1 amide bonds. The Hall–Kier alpha value is -3.61. The molecule has 4 aromatic rings. The van der Waals surface area contributed by atoms with E-state index in [-0.39, 0.29) is 18.3 Å². The number of hydrogen-bond acceptors (Lipinski definition) is 4. The maximum atomic E-state index is 13.3. The molecule has 30 heavy (non-hydrogen) atoms. The number of para-hydroxylation sites is 1. The van der Waals surface area contributed by atoms with E-state index in [1.54, 1.807) is 12.1 Å². The van der Waals surface area contributed by atoms with Crippen molar-refractivity contribution in [3.63, 3.8) is 0 Å². The van der Waals surface area contributed by atoms with Crippen LogP contribution in [0.15, 0.2) is 71.1 Å². The second-order valence-corrected chi connectivity index (χ2v) is 6.71. The van der Waals surface area contributed by atoms with Gasteiger partial charge in [-0.3, -0.25) is 4.79 Å². The van der Waals surface area contributed by atoms with E-state index < -0.39 is 12.5 Å². The van der Waals surface area contributed by atoms with Crippen molar-refractivity contribution in [3.8, 4) is 11.5 Å². The highest BCUT2D eigenvalue weighted by atomic mass is 19.3. The van der Waals surface area contributed by atoms with Crippen LogP contribution in [0.25, 0.3) is 21.9 Å². The minimum Gasteiger partial charge on any atom is -0.484 e. The van der Waals surface area contributed by atoms with Crippen molar-refractivity contribution < 1.29 is 27.5 Å². The van der Waals surface area contributed by atoms with Gasteiger partial charge in [0.2, 0.25) is 0 Å². The molecule has 0 radical (unpaired) electrons. The van der Waals surface area contributed by atoms with Crippen molar-refractivity contribution >= 4 is 33.5 Å². The number of amides is 1. The number of halogens is 2. The quantitative estimate of drug-likeness (QED) is 0.406. The first-order chi connectivity index (χ1) is 14.4. The lowest BCUT2D eigenvalue weighted by Crippen LogP contribution is -2.23. The van der Waals surface area contributed by atoms with E-state index in [9.17, 15) is 13.6 Å². The largest absolute Gasteiger partial charge is 0.484 e. The monoisotopic (exact) mass is 411 g/mol. The number of anilines is 1. The van der Waals surface area contributed by atoms with Crippen LogP contribution >= 0.6 is 0 Å². The van der Waals surface area contributed by atoms with Crippen LogP contribution in [-0.4, -0.2) is 18.6 Å². The average molecular weight is 411 g/mol. The van der Waals surface area contributed by atoms with Crippen LogP contribution < -0.4 is 14.8 Å². The molecule has 0 bridgehead atoms. The first-order valence-electron chi connectivity index (χ1n) is 9.44. The fourth-order valence-electron chi connectivity index (χ4n) is 2.99. The van der Waals surface area contributed by atoms with Gasteiger partial charge in [-0.1, -0.05) is 25.1 Å². The summed E-state index contributed by atoms with van der Waals surface area (Å²) >= 11 is 0. The minimum atomic E-state index is -3.22. The zero-order chi connectivity index (χ0) is 21.1. The molecule has 0 aliphatic carbocycles. The van der Waals surface area contributed by atoms with Gasteiger partial charge in [0.25, 0.3) is 5.91 Å². The number of carbonyl (C=O) groups is 1. The van der Waals surface area contributed by atoms with Gasteiger partial charge in [0.15, 0.2) is 6.61 Å². The number of nitrogens with one attached hydrogen (secondary N) is 1. The Morgan fingerprint density at radius 2 is 1.67 bits per heavy atom. The molecule has 0 atom stereocenters. The molecule has 1 heterocycles. The van der Waals surface area contributed by atoms with Crippen molar-refractivity contribution in [2.24, 2.45) is 0 Å². The zero-order valence-electron chi connectivity index (χ0n) is 16.2. The van der Waals surface area contributed by atoms with Crippen molar-refractivity contribution in [1.82, 2.24) is 0 Å². The van der Waals surface area contributed by atoms with Crippen molar-refractivity contribution in [1.29, 1.82) is 0 Å². The number of hydrogen-bond donors (Lipinski definition) is 1. The summed E-state index contributed by atoms with van der Waals surface area (Å²) < 4.78 is 42.5. The van der Waals surface area contributed by atoms with Crippen molar-refractivity contribution in [2.75, 3.05) is 11.9 Å². The van der Waals surface area contributed by atoms with E-state index in [1.165, 1.54) is 31.2 Å². The van der Waals surface area contributed by atoms with Crippen LogP contribution in [0.3, 0.4) is 0 Å². The second kappa shape index (κ2) is 8.02. The highest BCUT2D eigenvalue weighted by molar-refractivity contribution is 6.05. The fourth-order valence-corrected chi connectivity index (χ4v) is 2.99. The Labute approximate surface area is 171 Å². The van der Waals surface area contributed by atoms with Crippen LogP contribution in [0.1, 0.15) is 13.3 Å². The van der Waals surface area contributed by atoms with Crippen molar-refractivity contribution in [3.05, 3.63) is 66.7 Å². The summed E-state index contributed by atoms with van der Waals surface area (Å²) in [5.74, 6) is 0.186. The van der Waals surface area contributed by atoms with Gasteiger partial charge in [0.05, 0.1) is 0 Å². The highest BCUT2D eigenvalue weighted by Crippen LogP contribution is 2.31. The minimum absolute atomic E-state index is 0.0248. The third-order valence-electron chi connectivity index (χ3n) is 4.53. The predicted molar refractivity (Wildman–Crippen MR) is 110 cm³/mol. The smallest absolute Gasteiger partial charge is 0.397 e. The van der Waals surface area contributed by atoms with Crippen LogP contribution in [-0.2, 0) is 4.79 Å². The number of benzene rings is 3. The molecule has 7 heteroatoms. The summed E-state index contributed by atoms with van der Waals surface area (Å²) in [6.07, 6.45) is -3.65. The normalized spacial score (nSPS) is 11.6. The maximum Gasteiger partial charge on any atom is 0.397 e. The Morgan fingerprint density at radius 1 is 0.967 bits per heavy atom. The molecule has 154 valence electrons. The Bertz CT molecular complexity index is 1180. The zero-order valence-corrected chi connectivity index (χ0v) is 16.2. The number of alkyl halides is 2. The lowest BCUT2D eigenvalue weighted by atomic mass is 10.1. The molecule has 0 aliphatic rings. The molecule has 0 fully saturated rings. The van der Waals surface area contributed by atoms with E-state index in [2.05, 4.69) is 10.1 Å². The van der Waals surface area contributed by atoms with E-state index in [4.69, 9.17) is 9.15 Å². The van der Waals surface area contributed by atoms with Gasteiger partial charge in [0.1, 0.15) is 22.7 Å². The lowest BCUT2D eigenvalue weighted by molar-refractivity contribution is -0.177. The van der Waals surface area contributed by atoms with Gasteiger partial charge in [0, 0.05) is 22.9 Å². The van der Waals surface area contributed by atoms with E-state index >= 15 is 0 Å². The first kappa shape index (κ1) is 19.7. The topological polar surface area (TPSA) is 60.7 Å². The Balaban J connectivity index is 1.37. The van der Waals surface area contributed by atoms with E-state index in [0.29, 0.717) is 11.4 Å². The summed E-state index contributed by atoms with van der Waals surface area (Å²) in [4.78, 5) is 12.2. The number of rotatable bonds is 7. The average Bonchev–Trinajstić information content (AvgIpc) is 3.11. The van der Waals surface area contributed by atoms with Gasteiger partial charge >= 0.3 is 6.11 Å². The number of ether oxygens (including phenoxy) is 2.